The smallest absolute Gasteiger partial charge is 0.408 e. The number of amides is 5. The number of ether oxygens (including phenoxy) is 5. The summed E-state index contributed by atoms with van der Waals surface area (Å²) >= 11 is 0. The van der Waals surface area contributed by atoms with E-state index in [4.69, 9.17) is 23.7 Å². The third-order valence-corrected chi connectivity index (χ3v) is 8.26. The number of alkyl carbamates (subject to hydrolysis) is 1. The van der Waals surface area contributed by atoms with Crippen LogP contribution in [0.15, 0.2) is 0 Å². The normalized spacial score (nSPS) is 22.2. The van der Waals surface area contributed by atoms with Crippen LogP contribution in [0, 0.1) is 17.8 Å². The number of aliphatic hydroxyl groups is 3. The van der Waals surface area contributed by atoms with Gasteiger partial charge in [0.25, 0.3) is 0 Å². The fourth-order valence-electron chi connectivity index (χ4n) is 5.25. The van der Waals surface area contributed by atoms with Gasteiger partial charge in [0.05, 0.1) is 26.9 Å². The van der Waals surface area contributed by atoms with E-state index in [0.29, 0.717) is 6.42 Å². The Morgan fingerprint density at radius 2 is 1.35 bits per heavy atom. The fourth-order valence-corrected chi connectivity index (χ4v) is 5.25. The minimum absolute atomic E-state index is 0.0817. The topological polar surface area (TPSA) is 269 Å². The molecule has 5 amide bonds. The van der Waals surface area contributed by atoms with E-state index in [1.807, 2.05) is 13.8 Å². The summed E-state index contributed by atoms with van der Waals surface area (Å²) in [6.07, 6.45) is -8.06. The Hall–Kier alpha value is -3.62. The van der Waals surface area contributed by atoms with E-state index in [2.05, 4.69) is 26.6 Å². The minimum Gasteiger partial charge on any atom is -0.467 e. The highest BCUT2D eigenvalue weighted by Crippen LogP contribution is 2.22. The van der Waals surface area contributed by atoms with Gasteiger partial charge in [-0.2, -0.15) is 0 Å². The molecule has 1 aliphatic heterocycles. The van der Waals surface area contributed by atoms with Gasteiger partial charge in [0.1, 0.15) is 54.2 Å². The van der Waals surface area contributed by atoms with E-state index in [1.54, 1.807) is 48.5 Å². The minimum atomic E-state index is -1.67. The highest BCUT2D eigenvalue weighted by Gasteiger charge is 2.44. The molecule has 1 heterocycles. The van der Waals surface area contributed by atoms with Crippen molar-refractivity contribution in [2.24, 2.45) is 17.8 Å². The summed E-state index contributed by atoms with van der Waals surface area (Å²) in [5, 5.41) is 44.3. The number of methoxy groups -OCH3 is 1. The molecule has 1 rings (SSSR count). The van der Waals surface area contributed by atoms with Gasteiger partial charge >= 0.3 is 12.1 Å². The molecule has 0 aromatic heterocycles. The average Bonchev–Trinajstić information content (AvgIpc) is 3.07. The van der Waals surface area contributed by atoms with Gasteiger partial charge in [0.2, 0.25) is 23.6 Å². The number of carbonyl (C=O) groups excluding carboxylic acids is 6. The van der Waals surface area contributed by atoms with E-state index in [0.717, 1.165) is 0 Å². The van der Waals surface area contributed by atoms with Crippen molar-refractivity contribution < 1.29 is 67.8 Å². The molecule has 0 bridgehead atoms. The molecular weight excluding hydrogens is 726 g/mol. The maximum atomic E-state index is 13.0. The molecule has 1 aliphatic rings. The molecule has 0 unspecified atom stereocenters. The van der Waals surface area contributed by atoms with Gasteiger partial charge in [-0.15, -0.1) is 0 Å². The Labute approximate surface area is 323 Å². The van der Waals surface area contributed by atoms with Crippen LogP contribution in [0.2, 0.25) is 0 Å². The number of aliphatic hydroxyl groups excluding tert-OH is 3. The van der Waals surface area contributed by atoms with Crippen molar-refractivity contribution in [2.45, 2.75) is 143 Å². The number of rotatable bonds is 21. The first-order chi connectivity index (χ1) is 25.5. The van der Waals surface area contributed by atoms with Crippen molar-refractivity contribution in [3.8, 4) is 0 Å². The number of hydrogen-bond donors (Lipinski definition) is 8. The van der Waals surface area contributed by atoms with Crippen LogP contribution in [0.25, 0.3) is 0 Å². The lowest BCUT2D eigenvalue weighted by Gasteiger charge is -2.40. The third-order valence-electron chi connectivity index (χ3n) is 8.26. The van der Waals surface area contributed by atoms with Crippen LogP contribution in [0.5, 0.6) is 0 Å². The molecule has 19 nitrogen and oxygen atoms in total. The van der Waals surface area contributed by atoms with Crippen molar-refractivity contribution in [2.75, 3.05) is 33.5 Å². The second-order valence-electron chi connectivity index (χ2n) is 15.6. The largest absolute Gasteiger partial charge is 0.467 e. The summed E-state index contributed by atoms with van der Waals surface area (Å²) in [4.78, 5) is 75.5. The molecule has 19 heteroatoms. The predicted molar refractivity (Wildman–Crippen MR) is 197 cm³/mol. The summed E-state index contributed by atoms with van der Waals surface area (Å²) in [5.74, 6) is -3.33. The number of carbonyl (C=O) groups is 6. The number of esters is 1. The Kier molecular flexibility index (Phi) is 21.1. The van der Waals surface area contributed by atoms with Crippen molar-refractivity contribution >= 4 is 35.7 Å². The molecule has 0 radical (unpaired) electrons. The number of hydrogen-bond acceptors (Lipinski definition) is 14. The number of nitrogens with one attached hydrogen (secondary N) is 5. The van der Waals surface area contributed by atoms with Gasteiger partial charge in [-0.25, -0.2) is 9.59 Å². The standard InChI is InChI=1S/C36H65N5O14/c1-18(2)16-22(33(49)51-11)39-32(48)26(20(5)6)40-24(42)12-14-52-17-23-27(43)28(44)29(45)34(54-23)53-15-13-37-31(47)25(19(3)4)41-30(46)21(7)38-35(50)55-36(8,9)10/h18-23,25-29,34,43-45H,12-17H2,1-11H3,(H,37,47)(H,38,50)(H,39,48)(H,40,42)(H,41,46)/t21-,22-,23+,25-,26-,27+,28-,29+,34-/m0/s1. The van der Waals surface area contributed by atoms with Crippen molar-refractivity contribution in [3.05, 3.63) is 0 Å². The van der Waals surface area contributed by atoms with Gasteiger partial charge in [-0.05, 0) is 51.9 Å². The summed E-state index contributed by atoms with van der Waals surface area (Å²) in [7, 11) is 1.23. The fraction of sp³-hybridized carbons (Fsp3) is 0.833. The molecule has 1 fully saturated rings. The maximum Gasteiger partial charge on any atom is 0.408 e. The Balaban J connectivity index is 2.63. The van der Waals surface area contributed by atoms with Crippen LogP contribution >= 0.6 is 0 Å². The van der Waals surface area contributed by atoms with Crippen LogP contribution in [0.3, 0.4) is 0 Å². The predicted octanol–water partition coefficient (Wildman–Crippen LogP) is -0.768. The maximum absolute atomic E-state index is 13.0. The van der Waals surface area contributed by atoms with Gasteiger partial charge < -0.3 is 65.6 Å². The molecule has 0 aromatic rings. The SMILES string of the molecule is COC(=O)[C@H](CC(C)C)NC(=O)[C@@H](NC(=O)CCOC[C@H]1O[C@H](OCCNC(=O)[C@@H](NC(=O)[C@H](C)NC(=O)OC(C)(C)C)C(C)C)[C@H](O)[C@@H](O)[C@@H]1O)C(C)C. The first-order valence-electron chi connectivity index (χ1n) is 18.6. The second kappa shape index (κ2) is 23.4. The Morgan fingerprint density at radius 3 is 1.89 bits per heavy atom. The second-order valence-corrected chi connectivity index (χ2v) is 15.6. The van der Waals surface area contributed by atoms with Crippen LogP contribution < -0.4 is 26.6 Å². The van der Waals surface area contributed by atoms with E-state index in [-0.39, 0.29) is 50.5 Å². The highest BCUT2D eigenvalue weighted by molar-refractivity contribution is 5.92. The lowest BCUT2D eigenvalue weighted by Crippen LogP contribution is -2.59. The molecule has 55 heavy (non-hydrogen) atoms. The van der Waals surface area contributed by atoms with Crippen molar-refractivity contribution in [1.82, 2.24) is 26.6 Å². The quantitative estimate of drug-likeness (QED) is 0.0525. The van der Waals surface area contributed by atoms with Gasteiger partial charge in [0.15, 0.2) is 6.29 Å². The van der Waals surface area contributed by atoms with E-state index in [1.165, 1.54) is 14.0 Å². The van der Waals surface area contributed by atoms with Gasteiger partial charge in [0, 0.05) is 13.0 Å². The van der Waals surface area contributed by atoms with Gasteiger partial charge in [-0.3, -0.25) is 19.2 Å². The lowest BCUT2D eigenvalue weighted by molar-refractivity contribution is -0.302. The Bertz CT molecular complexity index is 1260. The third kappa shape index (κ3) is 17.8. The van der Waals surface area contributed by atoms with E-state index < -0.39 is 96.2 Å². The van der Waals surface area contributed by atoms with Crippen molar-refractivity contribution in [1.29, 1.82) is 0 Å². The van der Waals surface area contributed by atoms with Crippen LogP contribution in [0.4, 0.5) is 4.79 Å². The van der Waals surface area contributed by atoms with Crippen LogP contribution in [-0.4, -0.2) is 145 Å². The zero-order valence-electron chi connectivity index (χ0n) is 34.0. The molecule has 9 atom stereocenters. The van der Waals surface area contributed by atoms with Crippen LogP contribution in [0.1, 0.15) is 82.1 Å². The molecule has 8 N–H and O–H groups in total. The highest BCUT2D eigenvalue weighted by atomic mass is 16.7. The molecule has 0 saturated carbocycles. The molecule has 318 valence electrons. The first-order valence-corrected chi connectivity index (χ1v) is 18.6. The molecule has 0 spiro atoms. The summed E-state index contributed by atoms with van der Waals surface area (Å²) < 4.78 is 26.7. The average molecular weight is 792 g/mol. The van der Waals surface area contributed by atoms with Crippen LogP contribution in [-0.2, 0) is 47.7 Å². The summed E-state index contributed by atoms with van der Waals surface area (Å²) in [6.45, 7) is 16.5. The van der Waals surface area contributed by atoms with Gasteiger partial charge in [-0.1, -0.05) is 41.5 Å². The van der Waals surface area contributed by atoms with E-state index in [9.17, 15) is 44.1 Å². The Morgan fingerprint density at radius 1 is 0.745 bits per heavy atom. The monoisotopic (exact) mass is 791 g/mol. The van der Waals surface area contributed by atoms with Crippen molar-refractivity contribution in [3.63, 3.8) is 0 Å². The van der Waals surface area contributed by atoms with E-state index >= 15 is 0 Å². The molecule has 1 saturated heterocycles. The molecule has 0 aromatic carbocycles. The summed E-state index contributed by atoms with van der Waals surface area (Å²) in [6, 6.07) is -3.77. The molecule has 0 aliphatic carbocycles. The zero-order chi connectivity index (χ0) is 42.2. The lowest BCUT2D eigenvalue weighted by atomic mass is 9.99. The first kappa shape index (κ1) is 49.4. The molecular formula is C36H65N5O14. The summed E-state index contributed by atoms with van der Waals surface area (Å²) in [5.41, 5.74) is -0.762. The zero-order valence-corrected chi connectivity index (χ0v) is 34.0.